The number of fused-ring (bicyclic) bond motifs is 1. The molecule has 0 bridgehead atoms. The quantitative estimate of drug-likeness (QED) is 0.489. The lowest BCUT2D eigenvalue weighted by Crippen LogP contribution is -2.35. The standard InChI is InChI=1S/C24H24N4OS/c1-2-4-21(17-28-11-13-29-14-12-28)20(3-1)16-26-24-27-22-6-5-19(15-23(22)30-24)18-7-9-25-10-8-18/h1-10,15H,11-14,16-17H2,(H,26,27). The zero-order chi connectivity index (χ0) is 20.2. The molecule has 1 aliphatic heterocycles. The summed E-state index contributed by atoms with van der Waals surface area (Å²) >= 11 is 1.70. The highest BCUT2D eigenvalue weighted by molar-refractivity contribution is 7.22. The highest BCUT2D eigenvalue weighted by atomic mass is 32.1. The van der Waals surface area contributed by atoms with Gasteiger partial charge in [-0.3, -0.25) is 9.88 Å². The van der Waals surface area contributed by atoms with Crippen LogP contribution >= 0.6 is 11.3 Å². The third kappa shape index (κ3) is 4.36. The molecular weight excluding hydrogens is 392 g/mol. The molecule has 1 N–H and O–H groups in total. The van der Waals surface area contributed by atoms with Crippen LogP contribution in [-0.4, -0.2) is 41.2 Å². The minimum Gasteiger partial charge on any atom is -0.379 e. The Labute approximate surface area is 180 Å². The molecule has 4 aromatic rings. The maximum Gasteiger partial charge on any atom is 0.184 e. The van der Waals surface area contributed by atoms with Crippen molar-refractivity contribution in [2.75, 3.05) is 31.6 Å². The maximum atomic E-state index is 5.47. The van der Waals surface area contributed by atoms with Gasteiger partial charge in [0.25, 0.3) is 0 Å². The van der Waals surface area contributed by atoms with Crippen LogP contribution in [0.1, 0.15) is 11.1 Å². The van der Waals surface area contributed by atoms with Crippen LogP contribution in [-0.2, 0) is 17.8 Å². The van der Waals surface area contributed by atoms with Gasteiger partial charge in [-0.25, -0.2) is 4.98 Å². The summed E-state index contributed by atoms with van der Waals surface area (Å²) in [7, 11) is 0. The lowest BCUT2D eigenvalue weighted by Gasteiger charge is -2.27. The molecule has 1 aliphatic rings. The van der Waals surface area contributed by atoms with Gasteiger partial charge in [0.05, 0.1) is 23.4 Å². The number of morpholine rings is 1. The first-order valence-corrected chi connectivity index (χ1v) is 11.1. The van der Waals surface area contributed by atoms with Gasteiger partial charge in [-0.05, 0) is 46.5 Å². The van der Waals surface area contributed by atoms with Gasteiger partial charge in [-0.2, -0.15) is 0 Å². The number of hydrogen-bond acceptors (Lipinski definition) is 6. The molecule has 5 rings (SSSR count). The molecule has 0 atom stereocenters. The highest BCUT2D eigenvalue weighted by Crippen LogP contribution is 2.30. The van der Waals surface area contributed by atoms with Crippen LogP contribution in [0, 0.1) is 0 Å². The molecule has 1 fully saturated rings. The predicted octanol–water partition coefficient (Wildman–Crippen LogP) is 4.80. The van der Waals surface area contributed by atoms with E-state index < -0.39 is 0 Å². The van der Waals surface area contributed by atoms with Gasteiger partial charge in [0.2, 0.25) is 0 Å². The molecule has 6 heteroatoms. The van der Waals surface area contributed by atoms with E-state index in [0.717, 1.165) is 50.0 Å². The number of pyridine rings is 1. The molecule has 0 saturated carbocycles. The van der Waals surface area contributed by atoms with Gasteiger partial charge in [-0.1, -0.05) is 41.7 Å². The number of hydrogen-bond donors (Lipinski definition) is 1. The number of nitrogens with zero attached hydrogens (tertiary/aromatic N) is 3. The van der Waals surface area contributed by atoms with Gasteiger partial charge in [-0.15, -0.1) is 0 Å². The number of anilines is 1. The first-order chi connectivity index (χ1) is 14.8. The van der Waals surface area contributed by atoms with E-state index in [9.17, 15) is 0 Å². The molecule has 0 spiro atoms. The predicted molar refractivity (Wildman–Crippen MR) is 123 cm³/mol. The fourth-order valence-corrected chi connectivity index (χ4v) is 4.68. The van der Waals surface area contributed by atoms with Crippen molar-refractivity contribution in [3.63, 3.8) is 0 Å². The molecule has 2 aromatic carbocycles. The number of ether oxygens (including phenoxy) is 1. The smallest absolute Gasteiger partial charge is 0.184 e. The molecule has 30 heavy (non-hydrogen) atoms. The molecular formula is C24H24N4OS. The van der Waals surface area contributed by atoms with Crippen molar-refractivity contribution in [1.82, 2.24) is 14.9 Å². The van der Waals surface area contributed by atoms with Crippen molar-refractivity contribution in [1.29, 1.82) is 0 Å². The van der Waals surface area contributed by atoms with Crippen molar-refractivity contribution in [2.24, 2.45) is 0 Å². The van der Waals surface area contributed by atoms with Crippen molar-refractivity contribution in [3.05, 3.63) is 78.1 Å². The largest absolute Gasteiger partial charge is 0.379 e. The zero-order valence-corrected chi connectivity index (χ0v) is 17.6. The second-order valence-electron chi connectivity index (χ2n) is 7.45. The first kappa shape index (κ1) is 19.2. The summed E-state index contributed by atoms with van der Waals surface area (Å²) in [6.45, 7) is 5.40. The van der Waals surface area contributed by atoms with E-state index in [4.69, 9.17) is 9.72 Å². The van der Waals surface area contributed by atoms with E-state index >= 15 is 0 Å². The average Bonchev–Trinajstić information content (AvgIpc) is 3.22. The third-order valence-corrected chi connectivity index (χ3v) is 6.42. The Kier molecular flexibility index (Phi) is 5.70. The van der Waals surface area contributed by atoms with Crippen molar-refractivity contribution in [2.45, 2.75) is 13.1 Å². The number of benzene rings is 2. The fourth-order valence-electron chi connectivity index (χ4n) is 3.78. The summed E-state index contributed by atoms with van der Waals surface area (Å²) in [6, 6.07) is 19.2. The number of aromatic nitrogens is 2. The minimum absolute atomic E-state index is 0.775. The van der Waals surface area contributed by atoms with Crippen LogP contribution in [0.25, 0.3) is 21.3 Å². The van der Waals surface area contributed by atoms with Crippen LogP contribution in [0.5, 0.6) is 0 Å². The summed E-state index contributed by atoms with van der Waals surface area (Å²) in [5.41, 5.74) is 6.08. The monoisotopic (exact) mass is 416 g/mol. The highest BCUT2D eigenvalue weighted by Gasteiger charge is 2.13. The molecule has 1 saturated heterocycles. The van der Waals surface area contributed by atoms with E-state index in [1.165, 1.54) is 27.0 Å². The van der Waals surface area contributed by atoms with Crippen LogP contribution in [0.2, 0.25) is 0 Å². The van der Waals surface area contributed by atoms with Crippen molar-refractivity contribution in [3.8, 4) is 11.1 Å². The Hall–Kier alpha value is -2.80. The summed E-state index contributed by atoms with van der Waals surface area (Å²) in [5, 5.41) is 4.50. The Morgan fingerprint density at radius 1 is 0.933 bits per heavy atom. The number of thiazole rings is 1. The van der Waals surface area contributed by atoms with E-state index in [-0.39, 0.29) is 0 Å². The molecule has 0 unspecified atom stereocenters. The van der Waals surface area contributed by atoms with Crippen LogP contribution in [0.4, 0.5) is 5.13 Å². The van der Waals surface area contributed by atoms with Crippen molar-refractivity contribution >= 4 is 26.7 Å². The third-order valence-electron chi connectivity index (χ3n) is 5.45. The van der Waals surface area contributed by atoms with Gasteiger partial charge < -0.3 is 10.1 Å². The molecule has 152 valence electrons. The summed E-state index contributed by atoms with van der Waals surface area (Å²) in [5.74, 6) is 0. The van der Waals surface area contributed by atoms with Gasteiger partial charge in [0.1, 0.15) is 0 Å². The second-order valence-corrected chi connectivity index (χ2v) is 8.48. The van der Waals surface area contributed by atoms with Crippen LogP contribution in [0.3, 0.4) is 0 Å². The summed E-state index contributed by atoms with van der Waals surface area (Å²) in [4.78, 5) is 11.3. The maximum absolute atomic E-state index is 5.47. The van der Waals surface area contributed by atoms with Crippen LogP contribution in [0.15, 0.2) is 67.0 Å². The molecule has 0 radical (unpaired) electrons. The Balaban J connectivity index is 1.31. The van der Waals surface area contributed by atoms with E-state index in [1.54, 1.807) is 11.3 Å². The Morgan fingerprint density at radius 2 is 1.73 bits per heavy atom. The summed E-state index contributed by atoms with van der Waals surface area (Å²) < 4.78 is 6.66. The van der Waals surface area contributed by atoms with Crippen LogP contribution < -0.4 is 5.32 Å². The number of nitrogens with one attached hydrogen (secondary N) is 1. The van der Waals surface area contributed by atoms with Gasteiger partial charge >= 0.3 is 0 Å². The second kappa shape index (κ2) is 8.92. The SMILES string of the molecule is c1ccc(CN2CCOCC2)c(CNc2nc3ccc(-c4ccncc4)cc3s2)c1. The number of rotatable bonds is 6. The molecule has 0 amide bonds. The first-order valence-electron chi connectivity index (χ1n) is 10.3. The lowest BCUT2D eigenvalue weighted by molar-refractivity contribution is 0.0341. The van der Waals surface area contributed by atoms with Gasteiger partial charge in [0, 0.05) is 38.6 Å². The topological polar surface area (TPSA) is 50.3 Å². The molecule has 2 aromatic heterocycles. The zero-order valence-electron chi connectivity index (χ0n) is 16.8. The molecule has 5 nitrogen and oxygen atoms in total. The minimum atomic E-state index is 0.775. The van der Waals surface area contributed by atoms with E-state index in [0.29, 0.717) is 0 Å². The normalized spacial score (nSPS) is 14.8. The van der Waals surface area contributed by atoms with E-state index in [1.807, 2.05) is 24.5 Å². The van der Waals surface area contributed by atoms with Gasteiger partial charge in [0.15, 0.2) is 5.13 Å². The fraction of sp³-hybridized carbons (Fsp3) is 0.250. The van der Waals surface area contributed by atoms with E-state index in [2.05, 4.69) is 57.7 Å². The Morgan fingerprint density at radius 3 is 2.57 bits per heavy atom. The molecule has 3 heterocycles. The van der Waals surface area contributed by atoms with Crippen molar-refractivity contribution < 1.29 is 4.74 Å². The molecule has 0 aliphatic carbocycles. The summed E-state index contributed by atoms with van der Waals surface area (Å²) in [6.07, 6.45) is 3.65. The Bertz CT molecular complexity index is 1120. The lowest BCUT2D eigenvalue weighted by atomic mass is 10.1. The average molecular weight is 417 g/mol.